The molecule has 0 aromatic carbocycles. The van der Waals surface area contributed by atoms with Gasteiger partial charge in [-0.05, 0) is 27.7 Å². The summed E-state index contributed by atoms with van der Waals surface area (Å²) in [6.45, 7) is 5.65. The highest BCUT2D eigenvalue weighted by atomic mass is 31.2. The number of aliphatic hydroxyl groups is 4. The summed E-state index contributed by atoms with van der Waals surface area (Å²) < 4.78 is 35.9. The van der Waals surface area contributed by atoms with Crippen LogP contribution in [0.2, 0.25) is 0 Å². The number of carbonyl (C=O) groups is 2. The van der Waals surface area contributed by atoms with Crippen molar-refractivity contribution in [3.8, 4) is 0 Å². The minimum atomic E-state index is -3.42. The Morgan fingerprint density at radius 1 is 1.03 bits per heavy atom. The quantitative estimate of drug-likeness (QED) is 0.172. The zero-order chi connectivity index (χ0) is 23.6. The van der Waals surface area contributed by atoms with Crippen LogP contribution in [0.4, 0.5) is 4.39 Å². The molecule has 2 aliphatic rings. The van der Waals surface area contributed by atoms with E-state index in [-0.39, 0.29) is 12.1 Å². The maximum Gasteiger partial charge on any atom is 0.527 e. The van der Waals surface area contributed by atoms with Crippen LogP contribution in [0.25, 0.3) is 0 Å². The molecule has 12 nitrogen and oxygen atoms in total. The number of rotatable bonds is 9. The lowest BCUT2D eigenvalue weighted by Gasteiger charge is -2.39. The van der Waals surface area contributed by atoms with Crippen molar-refractivity contribution >= 4 is 20.0 Å². The van der Waals surface area contributed by atoms with Gasteiger partial charge in [0, 0.05) is 18.5 Å². The van der Waals surface area contributed by atoms with Gasteiger partial charge in [-0.2, -0.15) is 0 Å². The first-order valence-corrected chi connectivity index (χ1v) is 11.5. The smallest absolute Gasteiger partial charge is 0.394 e. The van der Waals surface area contributed by atoms with Crippen LogP contribution in [-0.4, -0.2) is 94.0 Å². The largest absolute Gasteiger partial charge is 0.527 e. The van der Waals surface area contributed by atoms with Crippen LogP contribution in [0, 0.1) is 0 Å². The molecule has 180 valence electrons. The van der Waals surface area contributed by atoms with Crippen LogP contribution in [-0.2, 0) is 28.1 Å². The fourth-order valence-corrected chi connectivity index (χ4v) is 5.47. The summed E-state index contributed by atoms with van der Waals surface area (Å²) in [6, 6.07) is -0.497. The minimum absolute atomic E-state index is 0.248. The maximum atomic E-state index is 15.2. The third-order valence-corrected chi connectivity index (χ3v) is 7.06. The summed E-state index contributed by atoms with van der Waals surface area (Å²) in [5.74, 6) is -2.90. The van der Waals surface area contributed by atoms with Crippen molar-refractivity contribution in [3.63, 3.8) is 0 Å². The van der Waals surface area contributed by atoms with Gasteiger partial charge in [-0.15, -0.1) is 10.2 Å². The van der Waals surface area contributed by atoms with E-state index in [0.29, 0.717) is 0 Å². The molecule has 0 amide bonds. The van der Waals surface area contributed by atoms with Crippen molar-refractivity contribution in [2.45, 2.75) is 82.6 Å². The highest BCUT2D eigenvalue weighted by molar-refractivity contribution is 7.63. The molecule has 6 N–H and O–H groups in total. The predicted molar refractivity (Wildman–Crippen MR) is 104 cm³/mol. The standard InChI is InChI=1S/C17H31FN2O10P/c1-8(2)19-31(20-9(3)4)29-15(25)17(18,16(26)30-31)5-6-27-14-13(24)12(23)11(22)10(7-21)28-14/h8-14,19-24H,5-7H2,1-4H3/q+1/t10-,11-,12+,13-,14?/m1/s1. The number of hydrogen-bond acceptors (Lipinski definition) is 12. The highest BCUT2D eigenvalue weighted by Crippen LogP contribution is 2.59. The first-order valence-electron chi connectivity index (χ1n) is 9.89. The Balaban J connectivity index is 2.04. The second kappa shape index (κ2) is 10.3. The first-order chi connectivity index (χ1) is 14.3. The number of ether oxygens (including phenoxy) is 2. The molecular weight excluding hydrogens is 442 g/mol. The van der Waals surface area contributed by atoms with Crippen LogP contribution in [0.1, 0.15) is 34.1 Å². The summed E-state index contributed by atoms with van der Waals surface area (Å²) in [6.07, 6.45) is -8.55. The lowest BCUT2D eigenvalue weighted by Crippen LogP contribution is -2.59. The fourth-order valence-electron chi connectivity index (χ4n) is 3.03. The Labute approximate surface area is 179 Å². The van der Waals surface area contributed by atoms with Gasteiger partial charge in [0.25, 0.3) is 0 Å². The Kier molecular flexibility index (Phi) is 8.70. The fraction of sp³-hybridized carbons (Fsp3) is 0.882. The molecule has 31 heavy (non-hydrogen) atoms. The lowest BCUT2D eigenvalue weighted by molar-refractivity contribution is -0.302. The summed E-state index contributed by atoms with van der Waals surface area (Å²) in [5.41, 5.74) is -3.16. The molecule has 0 saturated carbocycles. The van der Waals surface area contributed by atoms with E-state index >= 15 is 4.39 Å². The monoisotopic (exact) mass is 473 g/mol. The van der Waals surface area contributed by atoms with Crippen molar-refractivity contribution in [1.82, 2.24) is 10.2 Å². The van der Waals surface area contributed by atoms with Crippen molar-refractivity contribution in [3.05, 3.63) is 0 Å². The molecule has 2 fully saturated rings. The summed E-state index contributed by atoms with van der Waals surface area (Å²) in [4.78, 5) is 24.9. The van der Waals surface area contributed by atoms with Crippen molar-refractivity contribution < 1.29 is 52.9 Å². The van der Waals surface area contributed by atoms with E-state index in [1.807, 2.05) is 0 Å². The molecule has 0 aromatic heterocycles. The molecule has 5 atom stereocenters. The third-order valence-electron chi connectivity index (χ3n) is 4.50. The van der Waals surface area contributed by atoms with Gasteiger partial charge in [0.1, 0.15) is 24.4 Å². The van der Waals surface area contributed by atoms with Crippen LogP contribution < -0.4 is 10.2 Å². The molecule has 2 saturated heterocycles. The number of hydrogen-bond donors (Lipinski definition) is 6. The van der Waals surface area contributed by atoms with E-state index < -0.39 is 76.0 Å². The number of alkyl halides is 1. The van der Waals surface area contributed by atoms with Crippen LogP contribution in [0.3, 0.4) is 0 Å². The SMILES string of the molecule is CC(C)N[P+]1(NC(C)C)OC(=O)C(F)(CCOC2O[C@H](CO)[C@@H](O)[C@H](O)[C@H]2O)C(=O)O1. The van der Waals surface area contributed by atoms with Gasteiger partial charge in [0.15, 0.2) is 6.29 Å². The Morgan fingerprint density at radius 3 is 2.00 bits per heavy atom. The molecule has 0 bridgehead atoms. The van der Waals surface area contributed by atoms with E-state index in [9.17, 15) is 30.0 Å². The average Bonchev–Trinajstić information content (AvgIpc) is 2.65. The van der Waals surface area contributed by atoms with Crippen molar-refractivity contribution in [1.29, 1.82) is 0 Å². The Morgan fingerprint density at radius 2 is 1.55 bits per heavy atom. The molecule has 0 radical (unpaired) electrons. The zero-order valence-corrected chi connectivity index (χ0v) is 18.6. The van der Waals surface area contributed by atoms with E-state index in [2.05, 4.69) is 10.2 Å². The van der Waals surface area contributed by atoms with Crippen molar-refractivity contribution in [2.24, 2.45) is 0 Å². The molecule has 14 heteroatoms. The summed E-state index contributed by atoms with van der Waals surface area (Å²) >= 11 is 0. The number of halogens is 1. The molecule has 2 heterocycles. The van der Waals surface area contributed by atoms with Gasteiger partial charge in [-0.25, -0.2) is 23.0 Å². The molecule has 2 rings (SSSR count). The van der Waals surface area contributed by atoms with Crippen LogP contribution in [0.15, 0.2) is 0 Å². The van der Waals surface area contributed by atoms with E-state index in [1.54, 1.807) is 27.7 Å². The van der Waals surface area contributed by atoms with Gasteiger partial charge in [-0.1, -0.05) is 0 Å². The topological polar surface area (TPSA) is 176 Å². The van der Waals surface area contributed by atoms with Crippen LogP contribution in [0.5, 0.6) is 0 Å². The van der Waals surface area contributed by atoms with Crippen LogP contribution >= 0.6 is 8.02 Å². The van der Waals surface area contributed by atoms with Crippen molar-refractivity contribution in [2.75, 3.05) is 13.2 Å². The summed E-state index contributed by atoms with van der Waals surface area (Å²) in [5, 5.41) is 44.3. The Hall–Kier alpha value is -1.02. The second-order valence-electron chi connectivity index (χ2n) is 8.00. The second-order valence-corrected chi connectivity index (χ2v) is 9.98. The lowest BCUT2D eigenvalue weighted by atomic mass is 9.99. The highest BCUT2D eigenvalue weighted by Gasteiger charge is 2.67. The van der Waals surface area contributed by atoms with E-state index in [0.717, 1.165) is 0 Å². The average molecular weight is 473 g/mol. The first kappa shape index (κ1) is 26.2. The van der Waals surface area contributed by atoms with E-state index in [1.165, 1.54) is 0 Å². The normalized spacial score (nSPS) is 32.8. The summed E-state index contributed by atoms with van der Waals surface area (Å²) in [7, 11) is -3.42. The van der Waals surface area contributed by atoms with E-state index in [4.69, 9.17) is 18.5 Å². The number of aliphatic hydroxyl groups excluding tert-OH is 4. The van der Waals surface area contributed by atoms with Gasteiger partial charge in [0.05, 0.1) is 13.2 Å². The molecule has 0 aromatic rings. The third kappa shape index (κ3) is 5.86. The molecule has 0 spiro atoms. The zero-order valence-electron chi connectivity index (χ0n) is 17.7. The Bertz CT molecular complexity index is 622. The number of carbonyl (C=O) groups excluding carboxylic acids is 2. The van der Waals surface area contributed by atoms with Gasteiger partial charge in [-0.3, -0.25) is 0 Å². The van der Waals surface area contributed by atoms with Gasteiger partial charge < -0.3 is 29.9 Å². The molecule has 2 aliphatic heterocycles. The maximum absolute atomic E-state index is 15.2. The molecule has 1 unspecified atom stereocenters. The molecule has 0 aliphatic carbocycles. The van der Waals surface area contributed by atoms with Gasteiger partial charge >= 0.3 is 25.6 Å². The molecular formula is C17H31FN2O10P+. The minimum Gasteiger partial charge on any atom is -0.394 e. The van der Waals surface area contributed by atoms with Gasteiger partial charge in [0.2, 0.25) is 0 Å². The number of nitrogens with one attached hydrogen (secondary N) is 2. The predicted octanol–water partition coefficient (Wildman–Crippen LogP) is -1.33.